The summed E-state index contributed by atoms with van der Waals surface area (Å²) in [6, 6.07) is 8.11. The third-order valence-corrected chi connectivity index (χ3v) is 4.22. The molecule has 2 aromatic rings. The van der Waals surface area contributed by atoms with Crippen molar-refractivity contribution >= 4 is 33.4 Å². The van der Waals surface area contributed by atoms with Crippen molar-refractivity contribution in [3.05, 3.63) is 40.0 Å². The van der Waals surface area contributed by atoms with Gasteiger partial charge >= 0.3 is 0 Å². The molecule has 124 valence electrons. The number of hydrogen-bond donors (Lipinski definition) is 2. The van der Waals surface area contributed by atoms with E-state index in [0.717, 1.165) is 41.2 Å². The van der Waals surface area contributed by atoms with E-state index in [2.05, 4.69) is 74.6 Å². The number of benzene rings is 1. The predicted molar refractivity (Wildman–Crippen MR) is 101 cm³/mol. The molecule has 0 aliphatic carbocycles. The Bertz CT molecular complexity index is 657. The minimum absolute atomic E-state index is 0.664. The quantitative estimate of drug-likeness (QED) is 0.715. The highest BCUT2D eigenvalue weighted by molar-refractivity contribution is 9.10. The second-order valence-corrected chi connectivity index (χ2v) is 6.75. The van der Waals surface area contributed by atoms with E-state index in [1.807, 2.05) is 19.1 Å². The Morgan fingerprint density at radius 2 is 1.91 bits per heavy atom. The SMILES string of the molecule is Cc1cc(Nc2ccc(C)c(Br)c2)nc(NCCCN(C)C)n1. The van der Waals surface area contributed by atoms with Crippen LogP contribution in [0.2, 0.25) is 0 Å². The minimum atomic E-state index is 0.664. The standard InChI is InChI=1S/C17H24BrN5/c1-12-6-7-14(11-15(12)18)21-16-10-13(2)20-17(22-16)19-8-5-9-23(3)4/h6-7,10-11H,5,8-9H2,1-4H3,(H2,19,20,21,22). The fraction of sp³-hybridized carbons (Fsp3) is 0.412. The van der Waals surface area contributed by atoms with Gasteiger partial charge in [0.15, 0.2) is 0 Å². The van der Waals surface area contributed by atoms with Crippen molar-refractivity contribution in [2.45, 2.75) is 20.3 Å². The molecular weight excluding hydrogens is 354 g/mol. The zero-order chi connectivity index (χ0) is 16.8. The highest BCUT2D eigenvalue weighted by Gasteiger charge is 2.04. The fourth-order valence-electron chi connectivity index (χ4n) is 2.13. The van der Waals surface area contributed by atoms with Crippen molar-refractivity contribution in [2.24, 2.45) is 0 Å². The van der Waals surface area contributed by atoms with Crippen molar-refractivity contribution in [1.82, 2.24) is 14.9 Å². The minimum Gasteiger partial charge on any atom is -0.354 e. The molecule has 1 aromatic heterocycles. The summed E-state index contributed by atoms with van der Waals surface area (Å²) in [6.45, 7) is 5.94. The van der Waals surface area contributed by atoms with Crippen LogP contribution in [-0.2, 0) is 0 Å². The van der Waals surface area contributed by atoms with Crippen molar-refractivity contribution < 1.29 is 0 Å². The van der Waals surface area contributed by atoms with E-state index in [4.69, 9.17) is 0 Å². The largest absolute Gasteiger partial charge is 0.354 e. The first-order chi connectivity index (χ1) is 10.9. The lowest BCUT2D eigenvalue weighted by atomic mass is 10.2. The molecule has 2 rings (SSSR count). The number of nitrogens with zero attached hydrogens (tertiary/aromatic N) is 3. The molecule has 0 amide bonds. The summed E-state index contributed by atoms with van der Waals surface area (Å²) in [5.41, 5.74) is 3.14. The zero-order valence-corrected chi connectivity index (χ0v) is 15.7. The van der Waals surface area contributed by atoms with E-state index < -0.39 is 0 Å². The van der Waals surface area contributed by atoms with Gasteiger partial charge in [-0.3, -0.25) is 0 Å². The number of aryl methyl sites for hydroxylation is 2. The van der Waals surface area contributed by atoms with Gasteiger partial charge in [-0.15, -0.1) is 0 Å². The Kier molecular flexibility index (Phi) is 6.36. The van der Waals surface area contributed by atoms with Gasteiger partial charge in [0.05, 0.1) is 0 Å². The third-order valence-electron chi connectivity index (χ3n) is 3.36. The summed E-state index contributed by atoms with van der Waals surface area (Å²) >= 11 is 3.55. The van der Waals surface area contributed by atoms with Gasteiger partial charge in [-0.05, 0) is 58.6 Å². The molecular formula is C17H24BrN5. The fourth-order valence-corrected chi connectivity index (χ4v) is 2.50. The van der Waals surface area contributed by atoms with Gasteiger partial charge in [0.2, 0.25) is 5.95 Å². The summed E-state index contributed by atoms with van der Waals surface area (Å²) in [5, 5.41) is 6.62. The van der Waals surface area contributed by atoms with Gasteiger partial charge in [-0.25, -0.2) is 4.98 Å². The van der Waals surface area contributed by atoms with Crippen LogP contribution >= 0.6 is 15.9 Å². The van der Waals surface area contributed by atoms with Gasteiger partial charge in [0, 0.05) is 28.5 Å². The normalized spacial score (nSPS) is 10.9. The van der Waals surface area contributed by atoms with Crippen LogP contribution < -0.4 is 10.6 Å². The molecule has 0 aliphatic rings. The van der Waals surface area contributed by atoms with E-state index in [9.17, 15) is 0 Å². The summed E-state index contributed by atoms with van der Waals surface area (Å²) in [4.78, 5) is 11.1. The van der Waals surface area contributed by atoms with Gasteiger partial charge < -0.3 is 15.5 Å². The number of hydrogen-bond acceptors (Lipinski definition) is 5. The summed E-state index contributed by atoms with van der Waals surface area (Å²) < 4.78 is 1.08. The second kappa shape index (κ2) is 8.26. The summed E-state index contributed by atoms with van der Waals surface area (Å²) in [5.74, 6) is 1.46. The molecule has 5 nitrogen and oxygen atoms in total. The maximum atomic E-state index is 4.54. The lowest BCUT2D eigenvalue weighted by molar-refractivity contribution is 0.405. The number of aromatic nitrogens is 2. The zero-order valence-electron chi connectivity index (χ0n) is 14.2. The lowest BCUT2D eigenvalue weighted by Gasteiger charge is -2.12. The summed E-state index contributed by atoms with van der Waals surface area (Å²) in [7, 11) is 4.15. The summed E-state index contributed by atoms with van der Waals surface area (Å²) in [6.07, 6.45) is 1.05. The average molecular weight is 378 g/mol. The van der Waals surface area contributed by atoms with Crippen LogP contribution in [0.3, 0.4) is 0 Å². The Morgan fingerprint density at radius 1 is 1.13 bits per heavy atom. The highest BCUT2D eigenvalue weighted by Crippen LogP contribution is 2.23. The van der Waals surface area contributed by atoms with Crippen molar-refractivity contribution in [1.29, 1.82) is 0 Å². The Labute approximate surface area is 146 Å². The van der Waals surface area contributed by atoms with Crippen molar-refractivity contribution in [2.75, 3.05) is 37.8 Å². The number of halogens is 1. The van der Waals surface area contributed by atoms with E-state index in [-0.39, 0.29) is 0 Å². The molecule has 6 heteroatoms. The van der Waals surface area contributed by atoms with Crippen LogP contribution in [-0.4, -0.2) is 42.1 Å². The lowest BCUT2D eigenvalue weighted by Crippen LogP contribution is -2.17. The molecule has 1 aromatic carbocycles. The Morgan fingerprint density at radius 3 is 2.61 bits per heavy atom. The van der Waals surface area contributed by atoms with Gasteiger partial charge in [0.1, 0.15) is 5.82 Å². The molecule has 2 N–H and O–H groups in total. The first kappa shape index (κ1) is 17.7. The second-order valence-electron chi connectivity index (χ2n) is 5.89. The molecule has 0 spiro atoms. The van der Waals surface area contributed by atoms with Gasteiger partial charge in [-0.1, -0.05) is 22.0 Å². The molecule has 0 saturated heterocycles. The van der Waals surface area contributed by atoms with E-state index in [0.29, 0.717) is 5.95 Å². The molecule has 0 fully saturated rings. The van der Waals surface area contributed by atoms with Crippen LogP contribution in [0.4, 0.5) is 17.5 Å². The topological polar surface area (TPSA) is 53.1 Å². The van der Waals surface area contributed by atoms with Gasteiger partial charge in [0.25, 0.3) is 0 Å². The third kappa shape index (κ3) is 5.80. The molecule has 0 aliphatic heterocycles. The number of nitrogens with one attached hydrogen (secondary N) is 2. The van der Waals surface area contributed by atoms with Crippen LogP contribution in [0, 0.1) is 13.8 Å². The number of anilines is 3. The van der Waals surface area contributed by atoms with Crippen LogP contribution in [0.5, 0.6) is 0 Å². The Hall–Kier alpha value is -1.66. The Balaban J connectivity index is 2.03. The highest BCUT2D eigenvalue weighted by atomic mass is 79.9. The maximum absolute atomic E-state index is 4.54. The van der Waals surface area contributed by atoms with Crippen LogP contribution in [0.1, 0.15) is 17.7 Å². The smallest absolute Gasteiger partial charge is 0.224 e. The predicted octanol–water partition coefficient (Wildman–Crippen LogP) is 3.96. The molecule has 1 heterocycles. The van der Waals surface area contributed by atoms with Crippen LogP contribution in [0.15, 0.2) is 28.7 Å². The first-order valence-corrected chi connectivity index (χ1v) is 8.51. The molecule has 0 bridgehead atoms. The molecule has 0 unspecified atom stereocenters. The van der Waals surface area contributed by atoms with E-state index in [1.165, 1.54) is 5.56 Å². The average Bonchev–Trinajstić information content (AvgIpc) is 2.47. The van der Waals surface area contributed by atoms with Crippen LogP contribution in [0.25, 0.3) is 0 Å². The van der Waals surface area contributed by atoms with Gasteiger partial charge in [-0.2, -0.15) is 4.98 Å². The molecule has 0 atom stereocenters. The molecule has 0 saturated carbocycles. The molecule has 23 heavy (non-hydrogen) atoms. The van der Waals surface area contributed by atoms with E-state index in [1.54, 1.807) is 0 Å². The van der Waals surface area contributed by atoms with Crippen molar-refractivity contribution in [3.63, 3.8) is 0 Å². The van der Waals surface area contributed by atoms with Crippen molar-refractivity contribution in [3.8, 4) is 0 Å². The maximum Gasteiger partial charge on any atom is 0.224 e. The van der Waals surface area contributed by atoms with E-state index >= 15 is 0 Å². The molecule has 0 radical (unpaired) electrons. The first-order valence-electron chi connectivity index (χ1n) is 7.71. The monoisotopic (exact) mass is 377 g/mol. The number of rotatable bonds is 7.